The Balaban J connectivity index is 1.90. The van der Waals surface area contributed by atoms with Crippen molar-refractivity contribution in [2.24, 2.45) is 11.8 Å². The van der Waals surface area contributed by atoms with Crippen LogP contribution in [0.25, 0.3) is 0 Å². The third-order valence-corrected chi connectivity index (χ3v) is 5.37. The summed E-state index contributed by atoms with van der Waals surface area (Å²) in [6.45, 7) is 4.46. The van der Waals surface area contributed by atoms with E-state index in [0.29, 0.717) is 50.7 Å². The monoisotopic (exact) mass is 366 g/mol. The molecule has 1 heterocycles. The van der Waals surface area contributed by atoms with Crippen LogP contribution in [0.1, 0.15) is 45.4 Å². The number of rotatable bonds is 7. The Kier molecular flexibility index (Phi) is 8.03. The average molecular weight is 367 g/mol. The van der Waals surface area contributed by atoms with Gasteiger partial charge < -0.3 is 15.5 Å². The molecule has 1 aliphatic heterocycles. The van der Waals surface area contributed by atoms with Gasteiger partial charge in [0, 0.05) is 38.5 Å². The molecule has 148 valence electrons. The zero-order valence-corrected chi connectivity index (χ0v) is 16.4. The fourth-order valence-corrected chi connectivity index (χ4v) is 3.98. The summed E-state index contributed by atoms with van der Waals surface area (Å²) >= 11 is 0. The van der Waals surface area contributed by atoms with Crippen molar-refractivity contribution < 1.29 is 14.4 Å². The summed E-state index contributed by atoms with van der Waals surface area (Å²) in [4.78, 5) is 40.6. The highest BCUT2D eigenvalue weighted by Gasteiger charge is 2.39. The van der Waals surface area contributed by atoms with Gasteiger partial charge in [-0.1, -0.05) is 6.92 Å². The highest BCUT2D eigenvalue weighted by molar-refractivity contribution is 5.95. The number of fused-ring (bicyclic) bond motifs is 1. The molecule has 0 unspecified atom stereocenters. The largest absolute Gasteiger partial charge is 0.338 e. The summed E-state index contributed by atoms with van der Waals surface area (Å²) in [5.41, 5.74) is 0. The van der Waals surface area contributed by atoms with Crippen molar-refractivity contribution in [3.05, 3.63) is 0 Å². The molecule has 2 aliphatic rings. The molecule has 7 heteroatoms. The molecule has 1 saturated heterocycles. The van der Waals surface area contributed by atoms with E-state index in [0.717, 1.165) is 25.8 Å². The molecule has 1 saturated carbocycles. The lowest BCUT2D eigenvalue weighted by atomic mass is 9.75. The molecule has 1 aliphatic carbocycles. The van der Waals surface area contributed by atoms with E-state index in [9.17, 15) is 14.4 Å². The van der Waals surface area contributed by atoms with Crippen LogP contribution in [0.4, 0.5) is 4.79 Å². The summed E-state index contributed by atoms with van der Waals surface area (Å²) in [7, 11) is 3.99. The molecule has 0 spiro atoms. The number of nitrogens with one attached hydrogen (secondary N) is 2. The number of urea groups is 1. The lowest BCUT2D eigenvalue weighted by molar-refractivity contribution is -0.135. The number of imide groups is 1. The Morgan fingerprint density at radius 2 is 2.04 bits per heavy atom. The smallest absolute Gasteiger partial charge is 0.324 e. The van der Waals surface area contributed by atoms with Crippen LogP contribution in [0.15, 0.2) is 0 Å². The van der Waals surface area contributed by atoms with Crippen LogP contribution in [0.2, 0.25) is 0 Å². The molecule has 2 N–H and O–H groups in total. The minimum atomic E-state index is -0.294. The standard InChI is InChI=1S/C19H34N4O3/c1-4-9-23(19(26)20-8-5-10-22(2)3)18(25)15-11-14-12-16(24)6-7-17(14)21-13-15/h14-15,17,21H,4-13H2,1-3H3,(H,20,26)/t14-,15-,17-/m1/s1. The van der Waals surface area contributed by atoms with Gasteiger partial charge in [-0.05, 0) is 52.2 Å². The fourth-order valence-electron chi connectivity index (χ4n) is 3.98. The molecule has 0 aromatic rings. The van der Waals surface area contributed by atoms with E-state index in [4.69, 9.17) is 0 Å². The molecule has 3 atom stereocenters. The zero-order valence-electron chi connectivity index (χ0n) is 16.4. The SMILES string of the molecule is CCCN(C(=O)NCCCN(C)C)C(=O)[C@H]1CN[C@@H]2CCC(=O)C[C@H]2C1. The van der Waals surface area contributed by atoms with Gasteiger partial charge in [-0.3, -0.25) is 14.5 Å². The van der Waals surface area contributed by atoms with Crippen molar-refractivity contribution in [2.75, 3.05) is 40.3 Å². The first-order valence-electron chi connectivity index (χ1n) is 9.91. The molecule has 0 aromatic carbocycles. The van der Waals surface area contributed by atoms with Crippen LogP contribution in [-0.2, 0) is 9.59 Å². The number of carbonyl (C=O) groups is 3. The summed E-state index contributed by atoms with van der Waals surface area (Å²) in [5.74, 6) is 0.193. The van der Waals surface area contributed by atoms with Crippen LogP contribution in [0, 0.1) is 11.8 Å². The third kappa shape index (κ3) is 5.77. The molecule has 26 heavy (non-hydrogen) atoms. The number of Topliss-reactive ketones (excluding diaryl/α,β-unsaturated/α-hetero) is 1. The summed E-state index contributed by atoms with van der Waals surface area (Å²) in [6, 6.07) is 0.0497. The summed E-state index contributed by atoms with van der Waals surface area (Å²) in [6.07, 6.45) is 4.37. The number of hydrogen-bond acceptors (Lipinski definition) is 5. The summed E-state index contributed by atoms with van der Waals surface area (Å²) in [5, 5.41) is 6.31. The Morgan fingerprint density at radius 3 is 2.73 bits per heavy atom. The lowest BCUT2D eigenvalue weighted by Crippen LogP contribution is -2.54. The number of nitrogens with zero attached hydrogens (tertiary/aromatic N) is 2. The van der Waals surface area contributed by atoms with Gasteiger partial charge in [0.05, 0.1) is 5.92 Å². The van der Waals surface area contributed by atoms with Gasteiger partial charge in [0.1, 0.15) is 5.78 Å². The first kappa shape index (κ1) is 20.8. The molecule has 3 amide bonds. The Morgan fingerprint density at radius 1 is 1.27 bits per heavy atom. The molecule has 7 nitrogen and oxygen atoms in total. The van der Waals surface area contributed by atoms with Crippen LogP contribution in [-0.4, -0.2) is 73.8 Å². The predicted molar refractivity (Wildman–Crippen MR) is 101 cm³/mol. The van der Waals surface area contributed by atoms with Gasteiger partial charge in [0.2, 0.25) is 5.91 Å². The first-order chi connectivity index (χ1) is 12.4. The Labute approximate surface area is 156 Å². The number of piperidine rings is 1. The van der Waals surface area contributed by atoms with Crippen LogP contribution >= 0.6 is 0 Å². The highest BCUT2D eigenvalue weighted by Crippen LogP contribution is 2.32. The number of hydrogen-bond donors (Lipinski definition) is 2. The quantitative estimate of drug-likeness (QED) is 0.663. The fraction of sp³-hybridized carbons (Fsp3) is 0.842. The second-order valence-electron chi connectivity index (χ2n) is 7.87. The predicted octanol–water partition coefficient (Wildman–Crippen LogP) is 1.23. The van der Waals surface area contributed by atoms with E-state index in [1.165, 1.54) is 4.90 Å². The van der Waals surface area contributed by atoms with Gasteiger partial charge >= 0.3 is 6.03 Å². The molecule has 0 radical (unpaired) electrons. The number of amides is 3. The van der Waals surface area contributed by atoms with Crippen LogP contribution in [0.3, 0.4) is 0 Å². The maximum absolute atomic E-state index is 13.0. The topological polar surface area (TPSA) is 81.8 Å². The molecular weight excluding hydrogens is 332 g/mol. The van der Waals surface area contributed by atoms with Gasteiger partial charge in [-0.15, -0.1) is 0 Å². The lowest BCUT2D eigenvalue weighted by Gasteiger charge is -2.40. The number of carbonyl (C=O) groups excluding carboxylic acids is 3. The number of ketones is 1. The van der Waals surface area contributed by atoms with Crippen molar-refractivity contribution in [1.29, 1.82) is 0 Å². The normalized spacial score (nSPS) is 25.7. The molecular formula is C19H34N4O3. The minimum absolute atomic E-state index is 0.110. The van der Waals surface area contributed by atoms with E-state index in [-0.39, 0.29) is 23.8 Å². The summed E-state index contributed by atoms with van der Waals surface area (Å²) < 4.78 is 0. The van der Waals surface area contributed by atoms with Crippen molar-refractivity contribution in [1.82, 2.24) is 20.4 Å². The molecule has 0 bridgehead atoms. The van der Waals surface area contributed by atoms with Crippen molar-refractivity contribution in [2.45, 2.75) is 51.5 Å². The Hall–Kier alpha value is -1.47. The molecule has 2 fully saturated rings. The van der Waals surface area contributed by atoms with E-state index < -0.39 is 0 Å². The second-order valence-corrected chi connectivity index (χ2v) is 7.87. The second kappa shape index (κ2) is 10.0. The van der Waals surface area contributed by atoms with Gasteiger partial charge in [0.15, 0.2) is 0 Å². The maximum Gasteiger partial charge on any atom is 0.324 e. The van der Waals surface area contributed by atoms with Crippen molar-refractivity contribution in [3.63, 3.8) is 0 Å². The van der Waals surface area contributed by atoms with E-state index in [1.54, 1.807) is 0 Å². The van der Waals surface area contributed by atoms with Gasteiger partial charge in [0.25, 0.3) is 0 Å². The highest BCUT2D eigenvalue weighted by atomic mass is 16.2. The molecule has 0 aromatic heterocycles. The van der Waals surface area contributed by atoms with E-state index >= 15 is 0 Å². The van der Waals surface area contributed by atoms with Gasteiger partial charge in [-0.25, -0.2) is 4.79 Å². The van der Waals surface area contributed by atoms with E-state index in [1.807, 2.05) is 21.0 Å². The van der Waals surface area contributed by atoms with Crippen LogP contribution in [0.5, 0.6) is 0 Å². The van der Waals surface area contributed by atoms with E-state index in [2.05, 4.69) is 15.5 Å². The third-order valence-electron chi connectivity index (χ3n) is 5.37. The zero-order chi connectivity index (χ0) is 19.1. The van der Waals surface area contributed by atoms with Crippen LogP contribution < -0.4 is 10.6 Å². The maximum atomic E-state index is 13.0. The minimum Gasteiger partial charge on any atom is -0.338 e. The van der Waals surface area contributed by atoms with Crippen molar-refractivity contribution >= 4 is 17.7 Å². The van der Waals surface area contributed by atoms with Gasteiger partial charge in [-0.2, -0.15) is 0 Å². The first-order valence-corrected chi connectivity index (χ1v) is 9.91. The molecule has 2 rings (SSSR count). The average Bonchev–Trinajstić information content (AvgIpc) is 2.61. The Bertz CT molecular complexity index is 509. The van der Waals surface area contributed by atoms with Crippen molar-refractivity contribution in [3.8, 4) is 0 Å².